The summed E-state index contributed by atoms with van der Waals surface area (Å²) in [5.74, 6) is -0.0377. The molecule has 2 rings (SSSR count). The molecule has 98 valence electrons. The van der Waals surface area contributed by atoms with E-state index >= 15 is 0 Å². The van der Waals surface area contributed by atoms with Gasteiger partial charge in [0.05, 0.1) is 18.2 Å². The standard InChI is InChI=1S/C16H18N2O/c1-2-15(13-8-4-3-5-9-13)16(19)18-12-14-10-6-7-11-17-14/h3-11,15H,2,12H2,1H3,(H,18,19)/t15-/m1/s1. The molecule has 2 aromatic rings. The number of pyridine rings is 1. The molecule has 3 nitrogen and oxygen atoms in total. The number of aromatic nitrogens is 1. The molecule has 1 amide bonds. The molecule has 0 aliphatic heterocycles. The molecule has 19 heavy (non-hydrogen) atoms. The number of hydrogen-bond acceptors (Lipinski definition) is 2. The van der Waals surface area contributed by atoms with Crippen LogP contribution in [-0.2, 0) is 11.3 Å². The van der Waals surface area contributed by atoms with E-state index in [0.717, 1.165) is 17.7 Å². The van der Waals surface area contributed by atoms with E-state index in [2.05, 4.69) is 10.3 Å². The Labute approximate surface area is 113 Å². The van der Waals surface area contributed by atoms with Gasteiger partial charge in [-0.15, -0.1) is 0 Å². The maximum Gasteiger partial charge on any atom is 0.227 e. The summed E-state index contributed by atoms with van der Waals surface area (Å²) in [5.41, 5.74) is 1.93. The molecule has 0 aliphatic carbocycles. The third-order valence-electron chi connectivity index (χ3n) is 3.10. The normalized spacial score (nSPS) is 11.8. The van der Waals surface area contributed by atoms with Crippen LogP contribution < -0.4 is 5.32 Å². The minimum atomic E-state index is -0.0927. The van der Waals surface area contributed by atoms with Gasteiger partial charge in [-0.1, -0.05) is 43.3 Å². The summed E-state index contributed by atoms with van der Waals surface area (Å²) >= 11 is 0. The van der Waals surface area contributed by atoms with Crippen molar-refractivity contribution in [2.75, 3.05) is 0 Å². The fraction of sp³-hybridized carbons (Fsp3) is 0.250. The zero-order chi connectivity index (χ0) is 13.5. The first kappa shape index (κ1) is 13.3. The molecule has 1 aromatic carbocycles. The monoisotopic (exact) mass is 254 g/mol. The molecule has 0 saturated heterocycles. The minimum absolute atomic E-state index is 0.0550. The first-order valence-corrected chi connectivity index (χ1v) is 6.54. The summed E-state index contributed by atoms with van der Waals surface area (Å²) < 4.78 is 0. The van der Waals surface area contributed by atoms with Gasteiger partial charge in [0, 0.05) is 6.20 Å². The third-order valence-corrected chi connectivity index (χ3v) is 3.10. The van der Waals surface area contributed by atoms with E-state index in [1.165, 1.54) is 0 Å². The Morgan fingerprint density at radius 3 is 2.53 bits per heavy atom. The van der Waals surface area contributed by atoms with Gasteiger partial charge in [0.25, 0.3) is 0 Å². The molecular formula is C16H18N2O. The molecule has 1 atom stereocenters. The van der Waals surface area contributed by atoms with E-state index in [1.54, 1.807) is 6.20 Å². The number of carbonyl (C=O) groups is 1. The first-order valence-electron chi connectivity index (χ1n) is 6.54. The number of nitrogens with one attached hydrogen (secondary N) is 1. The van der Waals surface area contributed by atoms with Crippen LogP contribution in [0, 0.1) is 0 Å². The number of hydrogen-bond donors (Lipinski definition) is 1. The highest BCUT2D eigenvalue weighted by molar-refractivity contribution is 5.83. The van der Waals surface area contributed by atoms with Crippen molar-refractivity contribution < 1.29 is 4.79 Å². The molecule has 1 aromatic heterocycles. The zero-order valence-corrected chi connectivity index (χ0v) is 11.0. The second-order valence-electron chi connectivity index (χ2n) is 4.41. The lowest BCUT2D eigenvalue weighted by atomic mass is 9.96. The van der Waals surface area contributed by atoms with Crippen LogP contribution in [0.15, 0.2) is 54.7 Å². The molecule has 0 fully saturated rings. The van der Waals surface area contributed by atoms with Crippen LogP contribution in [0.4, 0.5) is 0 Å². The Kier molecular flexibility index (Phi) is 4.67. The molecule has 0 bridgehead atoms. The van der Waals surface area contributed by atoms with Gasteiger partial charge < -0.3 is 5.32 Å². The van der Waals surface area contributed by atoms with Crippen molar-refractivity contribution in [1.29, 1.82) is 0 Å². The maximum absolute atomic E-state index is 12.2. The molecule has 0 saturated carbocycles. The van der Waals surface area contributed by atoms with Crippen LogP contribution in [0.25, 0.3) is 0 Å². The van der Waals surface area contributed by atoms with Crippen molar-refractivity contribution in [3.8, 4) is 0 Å². The minimum Gasteiger partial charge on any atom is -0.350 e. The molecule has 0 aliphatic rings. The van der Waals surface area contributed by atoms with Crippen LogP contribution in [-0.4, -0.2) is 10.9 Å². The first-order chi connectivity index (χ1) is 9.31. The summed E-state index contributed by atoms with van der Waals surface area (Å²) in [4.78, 5) is 16.4. The van der Waals surface area contributed by atoms with Crippen molar-refractivity contribution in [1.82, 2.24) is 10.3 Å². The van der Waals surface area contributed by atoms with E-state index in [9.17, 15) is 4.79 Å². The molecule has 1 N–H and O–H groups in total. The number of rotatable bonds is 5. The lowest BCUT2D eigenvalue weighted by Crippen LogP contribution is -2.29. The SMILES string of the molecule is CC[C@@H](C(=O)NCc1ccccn1)c1ccccc1. The Balaban J connectivity index is 1.98. The van der Waals surface area contributed by atoms with Gasteiger partial charge in [-0.05, 0) is 24.1 Å². The molecule has 3 heteroatoms. The predicted molar refractivity (Wildman–Crippen MR) is 75.6 cm³/mol. The predicted octanol–water partition coefficient (Wildman–Crippen LogP) is 2.89. The largest absolute Gasteiger partial charge is 0.350 e. The van der Waals surface area contributed by atoms with Crippen molar-refractivity contribution in [3.05, 3.63) is 66.0 Å². The van der Waals surface area contributed by atoms with Gasteiger partial charge in [-0.2, -0.15) is 0 Å². The van der Waals surface area contributed by atoms with Gasteiger partial charge in [-0.25, -0.2) is 0 Å². The van der Waals surface area contributed by atoms with Crippen LogP contribution in [0.3, 0.4) is 0 Å². The lowest BCUT2D eigenvalue weighted by molar-refractivity contribution is -0.122. The highest BCUT2D eigenvalue weighted by atomic mass is 16.1. The number of nitrogens with zero attached hydrogens (tertiary/aromatic N) is 1. The van der Waals surface area contributed by atoms with Crippen LogP contribution in [0.2, 0.25) is 0 Å². The van der Waals surface area contributed by atoms with Crippen LogP contribution in [0.1, 0.15) is 30.5 Å². The average molecular weight is 254 g/mol. The zero-order valence-electron chi connectivity index (χ0n) is 11.0. The van der Waals surface area contributed by atoms with E-state index in [4.69, 9.17) is 0 Å². The lowest BCUT2D eigenvalue weighted by Gasteiger charge is -2.15. The second-order valence-corrected chi connectivity index (χ2v) is 4.41. The highest BCUT2D eigenvalue weighted by Crippen LogP contribution is 2.19. The fourth-order valence-corrected chi connectivity index (χ4v) is 2.06. The quantitative estimate of drug-likeness (QED) is 0.891. The van der Waals surface area contributed by atoms with Gasteiger partial charge in [0.15, 0.2) is 0 Å². The summed E-state index contributed by atoms with van der Waals surface area (Å²) in [6.07, 6.45) is 2.52. The summed E-state index contributed by atoms with van der Waals surface area (Å²) in [7, 11) is 0. The molecule has 1 heterocycles. The summed E-state index contributed by atoms with van der Waals surface area (Å²) in [5, 5.41) is 2.95. The topological polar surface area (TPSA) is 42.0 Å². The van der Waals surface area contributed by atoms with Gasteiger partial charge in [-0.3, -0.25) is 9.78 Å². The van der Waals surface area contributed by atoms with Gasteiger partial charge in [0.1, 0.15) is 0 Å². The number of amides is 1. The highest BCUT2D eigenvalue weighted by Gasteiger charge is 2.17. The molecule has 0 radical (unpaired) electrons. The fourth-order valence-electron chi connectivity index (χ4n) is 2.06. The van der Waals surface area contributed by atoms with Crippen LogP contribution >= 0.6 is 0 Å². The average Bonchev–Trinajstić information content (AvgIpc) is 2.48. The molecule has 0 unspecified atom stereocenters. The van der Waals surface area contributed by atoms with E-state index in [-0.39, 0.29) is 11.8 Å². The Bertz CT molecular complexity index is 511. The van der Waals surface area contributed by atoms with Crippen molar-refractivity contribution in [2.24, 2.45) is 0 Å². The Hall–Kier alpha value is -2.16. The van der Waals surface area contributed by atoms with E-state index < -0.39 is 0 Å². The Morgan fingerprint density at radius 1 is 1.16 bits per heavy atom. The van der Waals surface area contributed by atoms with Crippen LogP contribution in [0.5, 0.6) is 0 Å². The Morgan fingerprint density at radius 2 is 1.89 bits per heavy atom. The van der Waals surface area contributed by atoms with Gasteiger partial charge >= 0.3 is 0 Å². The molecular weight excluding hydrogens is 236 g/mol. The second kappa shape index (κ2) is 6.69. The smallest absolute Gasteiger partial charge is 0.227 e. The van der Waals surface area contributed by atoms with Crippen molar-refractivity contribution in [3.63, 3.8) is 0 Å². The maximum atomic E-state index is 12.2. The summed E-state index contributed by atoms with van der Waals surface area (Å²) in [6, 6.07) is 15.6. The van der Waals surface area contributed by atoms with E-state index in [1.807, 2.05) is 55.5 Å². The number of benzene rings is 1. The number of carbonyl (C=O) groups excluding carboxylic acids is 1. The van der Waals surface area contributed by atoms with Gasteiger partial charge in [0.2, 0.25) is 5.91 Å². The van der Waals surface area contributed by atoms with Crippen molar-refractivity contribution in [2.45, 2.75) is 25.8 Å². The van der Waals surface area contributed by atoms with Crippen molar-refractivity contribution >= 4 is 5.91 Å². The van der Waals surface area contributed by atoms with E-state index in [0.29, 0.717) is 6.54 Å². The third kappa shape index (κ3) is 3.65. The molecule has 0 spiro atoms. The summed E-state index contributed by atoms with van der Waals surface area (Å²) in [6.45, 7) is 2.50.